The lowest BCUT2D eigenvalue weighted by Gasteiger charge is -2.19. The molecule has 0 bridgehead atoms. The molecule has 6 heteroatoms. The number of ether oxygens (including phenoxy) is 2. The van der Waals surface area contributed by atoms with Crippen LogP contribution >= 0.6 is 0 Å². The first-order valence-electron chi connectivity index (χ1n) is 8.64. The first kappa shape index (κ1) is 18.5. The first-order valence-corrected chi connectivity index (χ1v) is 8.64. The van der Waals surface area contributed by atoms with Crippen LogP contribution in [0.5, 0.6) is 11.5 Å². The monoisotopic (exact) mass is 365 g/mol. The largest absolute Gasteiger partial charge is 0.493 e. The highest BCUT2D eigenvalue weighted by Crippen LogP contribution is 2.30. The standard InChI is InChI=1S/C21H23N3O3/c1-23(14-16-8-5-4-6-9-16)18-12-20(25)24(22-13-18)15-17-10-7-11-19(26-2)21(17)27-3/h4-13H,14-15H2,1-3H3. The van der Waals surface area contributed by atoms with Crippen molar-refractivity contribution in [1.29, 1.82) is 0 Å². The molecule has 0 atom stereocenters. The summed E-state index contributed by atoms with van der Waals surface area (Å²) in [6.07, 6.45) is 1.71. The fraction of sp³-hybridized carbons (Fsp3) is 0.238. The average Bonchev–Trinajstić information content (AvgIpc) is 2.70. The van der Waals surface area contributed by atoms with Gasteiger partial charge in [-0.15, -0.1) is 0 Å². The molecule has 0 spiro atoms. The molecule has 0 amide bonds. The summed E-state index contributed by atoms with van der Waals surface area (Å²) in [4.78, 5) is 14.6. The van der Waals surface area contributed by atoms with Gasteiger partial charge in [0.25, 0.3) is 5.56 Å². The van der Waals surface area contributed by atoms with E-state index in [-0.39, 0.29) is 5.56 Å². The van der Waals surface area contributed by atoms with E-state index in [0.29, 0.717) is 24.6 Å². The molecule has 0 saturated heterocycles. The Morgan fingerprint density at radius 2 is 1.81 bits per heavy atom. The zero-order valence-electron chi connectivity index (χ0n) is 15.8. The zero-order valence-corrected chi connectivity index (χ0v) is 15.8. The molecule has 3 aromatic rings. The molecule has 3 rings (SSSR count). The second-order valence-electron chi connectivity index (χ2n) is 6.20. The van der Waals surface area contributed by atoms with E-state index in [1.54, 1.807) is 26.5 Å². The summed E-state index contributed by atoms with van der Waals surface area (Å²) in [6, 6.07) is 17.3. The molecule has 0 radical (unpaired) electrons. The van der Waals surface area contributed by atoms with Gasteiger partial charge in [0.2, 0.25) is 0 Å². The van der Waals surface area contributed by atoms with E-state index < -0.39 is 0 Å². The summed E-state index contributed by atoms with van der Waals surface area (Å²) in [5.41, 5.74) is 2.61. The van der Waals surface area contributed by atoms with Crippen molar-refractivity contribution in [3.05, 3.63) is 82.3 Å². The van der Waals surface area contributed by atoms with Crippen LogP contribution in [0, 0.1) is 0 Å². The topological polar surface area (TPSA) is 56.6 Å². The van der Waals surface area contributed by atoms with Crippen molar-refractivity contribution in [1.82, 2.24) is 9.78 Å². The number of aromatic nitrogens is 2. The van der Waals surface area contributed by atoms with Gasteiger partial charge in [-0.1, -0.05) is 42.5 Å². The van der Waals surface area contributed by atoms with Crippen LogP contribution in [-0.2, 0) is 13.1 Å². The average molecular weight is 365 g/mol. The van der Waals surface area contributed by atoms with Gasteiger partial charge >= 0.3 is 0 Å². The Hall–Kier alpha value is -3.28. The number of benzene rings is 2. The molecule has 0 aliphatic rings. The second-order valence-corrected chi connectivity index (χ2v) is 6.20. The summed E-state index contributed by atoms with van der Waals surface area (Å²) in [6.45, 7) is 1.01. The predicted octanol–water partition coefficient (Wildman–Crippen LogP) is 2.95. The lowest BCUT2D eigenvalue weighted by molar-refractivity contribution is 0.350. The van der Waals surface area contributed by atoms with Gasteiger partial charge in [-0.3, -0.25) is 4.79 Å². The van der Waals surface area contributed by atoms with E-state index in [0.717, 1.165) is 11.3 Å². The van der Waals surface area contributed by atoms with Gasteiger partial charge < -0.3 is 14.4 Å². The van der Waals surface area contributed by atoms with Crippen molar-refractivity contribution in [2.45, 2.75) is 13.1 Å². The summed E-state index contributed by atoms with van der Waals surface area (Å²) in [7, 11) is 5.11. The minimum absolute atomic E-state index is 0.169. The maximum Gasteiger partial charge on any atom is 0.269 e. The molecule has 0 aliphatic heterocycles. The molecule has 1 heterocycles. The number of hydrogen-bond donors (Lipinski definition) is 0. The third-order valence-corrected chi connectivity index (χ3v) is 4.36. The van der Waals surface area contributed by atoms with Gasteiger partial charge in [0.15, 0.2) is 11.5 Å². The fourth-order valence-corrected chi connectivity index (χ4v) is 2.94. The van der Waals surface area contributed by atoms with E-state index in [4.69, 9.17) is 9.47 Å². The molecule has 0 aliphatic carbocycles. The highest BCUT2D eigenvalue weighted by atomic mass is 16.5. The number of para-hydroxylation sites is 1. The van der Waals surface area contributed by atoms with Crippen LogP contribution in [0.3, 0.4) is 0 Å². The highest BCUT2D eigenvalue weighted by Gasteiger charge is 2.12. The van der Waals surface area contributed by atoms with E-state index in [1.165, 1.54) is 10.2 Å². The predicted molar refractivity (Wildman–Crippen MR) is 106 cm³/mol. The quantitative estimate of drug-likeness (QED) is 0.644. The van der Waals surface area contributed by atoms with Crippen LogP contribution in [0.15, 0.2) is 65.6 Å². The van der Waals surface area contributed by atoms with Gasteiger partial charge in [-0.2, -0.15) is 5.10 Å². The SMILES string of the molecule is COc1cccc(Cn2ncc(N(C)Cc3ccccc3)cc2=O)c1OC. The van der Waals surface area contributed by atoms with Gasteiger partial charge in [-0.05, 0) is 11.6 Å². The third-order valence-electron chi connectivity index (χ3n) is 4.36. The van der Waals surface area contributed by atoms with E-state index in [2.05, 4.69) is 17.2 Å². The maximum absolute atomic E-state index is 12.6. The molecule has 0 fully saturated rings. The number of hydrogen-bond acceptors (Lipinski definition) is 5. The molecule has 0 N–H and O–H groups in total. The van der Waals surface area contributed by atoms with E-state index in [9.17, 15) is 4.79 Å². The van der Waals surface area contributed by atoms with Crippen molar-refractivity contribution < 1.29 is 9.47 Å². The maximum atomic E-state index is 12.6. The van der Waals surface area contributed by atoms with Crippen LogP contribution in [0.4, 0.5) is 5.69 Å². The number of rotatable bonds is 7. The molecule has 140 valence electrons. The normalized spacial score (nSPS) is 10.5. The Kier molecular flexibility index (Phi) is 5.76. The van der Waals surface area contributed by atoms with Crippen LogP contribution in [0.1, 0.15) is 11.1 Å². The summed E-state index contributed by atoms with van der Waals surface area (Å²) in [5.74, 6) is 1.24. The second kappa shape index (κ2) is 8.40. The summed E-state index contributed by atoms with van der Waals surface area (Å²) in [5, 5.41) is 4.33. The fourth-order valence-electron chi connectivity index (χ4n) is 2.94. The first-order chi connectivity index (χ1) is 13.1. The number of anilines is 1. The van der Waals surface area contributed by atoms with Gasteiger partial charge in [0.05, 0.1) is 32.6 Å². The lowest BCUT2D eigenvalue weighted by Crippen LogP contribution is -2.26. The minimum Gasteiger partial charge on any atom is -0.493 e. The number of methoxy groups -OCH3 is 2. The Morgan fingerprint density at radius 1 is 1.04 bits per heavy atom. The summed E-state index contributed by atoms with van der Waals surface area (Å²) >= 11 is 0. The molecule has 27 heavy (non-hydrogen) atoms. The highest BCUT2D eigenvalue weighted by molar-refractivity contribution is 5.47. The molecular formula is C21H23N3O3. The van der Waals surface area contributed by atoms with Crippen LogP contribution in [0.2, 0.25) is 0 Å². The van der Waals surface area contributed by atoms with Crippen LogP contribution in [0.25, 0.3) is 0 Å². The van der Waals surface area contributed by atoms with Crippen molar-refractivity contribution in [3.8, 4) is 11.5 Å². The molecular weight excluding hydrogens is 342 g/mol. The van der Waals surface area contributed by atoms with Gasteiger partial charge in [-0.25, -0.2) is 4.68 Å². The third kappa shape index (κ3) is 4.28. The van der Waals surface area contributed by atoms with Crippen molar-refractivity contribution in [3.63, 3.8) is 0 Å². The van der Waals surface area contributed by atoms with Crippen LogP contribution < -0.4 is 19.9 Å². The van der Waals surface area contributed by atoms with Gasteiger partial charge in [0, 0.05) is 25.2 Å². The molecule has 1 aromatic heterocycles. The summed E-state index contributed by atoms with van der Waals surface area (Å²) < 4.78 is 12.2. The molecule has 0 saturated carbocycles. The Labute approximate surface area is 158 Å². The van der Waals surface area contributed by atoms with E-state index >= 15 is 0 Å². The van der Waals surface area contributed by atoms with Crippen molar-refractivity contribution in [2.24, 2.45) is 0 Å². The van der Waals surface area contributed by atoms with Gasteiger partial charge in [0.1, 0.15) is 0 Å². The van der Waals surface area contributed by atoms with Crippen molar-refractivity contribution >= 4 is 5.69 Å². The Morgan fingerprint density at radius 3 is 2.48 bits per heavy atom. The van der Waals surface area contributed by atoms with Crippen molar-refractivity contribution in [2.75, 3.05) is 26.2 Å². The lowest BCUT2D eigenvalue weighted by atomic mass is 10.2. The smallest absolute Gasteiger partial charge is 0.269 e. The van der Waals surface area contributed by atoms with Crippen LogP contribution in [-0.4, -0.2) is 31.0 Å². The Bertz CT molecular complexity index is 954. The van der Waals surface area contributed by atoms with E-state index in [1.807, 2.05) is 48.3 Å². The molecule has 2 aromatic carbocycles. The zero-order chi connectivity index (χ0) is 19.2. The molecule has 0 unspecified atom stereocenters. The molecule has 6 nitrogen and oxygen atoms in total. The minimum atomic E-state index is -0.169. The Balaban J connectivity index is 1.80. The number of nitrogens with zero attached hydrogens (tertiary/aromatic N) is 3.